The third-order valence-corrected chi connectivity index (χ3v) is 4.93. The van der Waals surface area contributed by atoms with Crippen molar-refractivity contribution in [2.45, 2.75) is 17.9 Å². The van der Waals surface area contributed by atoms with Crippen molar-refractivity contribution in [1.82, 2.24) is 10.0 Å². The van der Waals surface area contributed by atoms with Gasteiger partial charge in [-0.3, -0.25) is 0 Å². The summed E-state index contributed by atoms with van der Waals surface area (Å²) in [4.78, 5) is 0.161. The van der Waals surface area contributed by atoms with Crippen LogP contribution in [0.1, 0.15) is 6.92 Å². The number of rotatable bonds is 5. The van der Waals surface area contributed by atoms with Crippen LogP contribution in [0.4, 0.5) is 0 Å². The monoisotopic (exact) mass is 340 g/mol. The van der Waals surface area contributed by atoms with Gasteiger partial charge in [-0.1, -0.05) is 11.6 Å². The van der Waals surface area contributed by atoms with Crippen LogP contribution < -0.4 is 10.0 Å². The molecule has 1 aromatic carbocycles. The Balaban J connectivity index is 2.86. The van der Waals surface area contributed by atoms with Gasteiger partial charge in [0.15, 0.2) is 0 Å². The average Bonchev–Trinajstić information content (AvgIpc) is 2.29. The molecule has 17 heavy (non-hydrogen) atoms. The van der Waals surface area contributed by atoms with Gasteiger partial charge in [-0.05, 0) is 48.1 Å². The van der Waals surface area contributed by atoms with Gasteiger partial charge in [0.05, 0.1) is 9.92 Å². The normalized spacial score (nSPS) is 13.6. The first-order valence-corrected chi connectivity index (χ1v) is 7.64. The molecule has 0 aromatic heterocycles. The molecule has 0 bridgehead atoms. The van der Waals surface area contributed by atoms with Crippen LogP contribution in [0.5, 0.6) is 0 Å². The van der Waals surface area contributed by atoms with Crippen LogP contribution in [0.25, 0.3) is 0 Å². The van der Waals surface area contributed by atoms with E-state index < -0.39 is 10.0 Å². The molecule has 0 aliphatic carbocycles. The fourth-order valence-corrected chi connectivity index (χ4v) is 2.71. The van der Waals surface area contributed by atoms with Crippen molar-refractivity contribution >= 4 is 37.6 Å². The molecule has 0 radical (unpaired) electrons. The molecular formula is C10H14BrClN2O2S. The quantitative estimate of drug-likeness (QED) is 0.861. The summed E-state index contributed by atoms with van der Waals surface area (Å²) in [6.07, 6.45) is 0. The Bertz CT molecular complexity index is 493. The lowest BCUT2D eigenvalue weighted by Gasteiger charge is -2.12. The van der Waals surface area contributed by atoms with E-state index in [0.29, 0.717) is 16.0 Å². The summed E-state index contributed by atoms with van der Waals surface area (Å²) in [6, 6.07) is 4.59. The molecule has 1 aromatic rings. The predicted molar refractivity (Wildman–Crippen MR) is 72.9 cm³/mol. The smallest absolute Gasteiger partial charge is 0.240 e. The maximum atomic E-state index is 11.9. The van der Waals surface area contributed by atoms with Gasteiger partial charge >= 0.3 is 0 Å². The van der Waals surface area contributed by atoms with Crippen molar-refractivity contribution in [3.8, 4) is 0 Å². The zero-order valence-corrected chi connectivity index (χ0v) is 12.7. The second kappa shape index (κ2) is 6.15. The summed E-state index contributed by atoms with van der Waals surface area (Å²) >= 11 is 9.07. The highest BCUT2D eigenvalue weighted by molar-refractivity contribution is 9.10. The standard InChI is InChI=1S/C10H14BrClN2O2S/c1-7(13-2)6-14-17(15,16)8-3-4-9(11)10(12)5-8/h3-5,7,13-14H,6H2,1-2H3. The zero-order valence-electron chi connectivity index (χ0n) is 9.50. The van der Waals surface area contributed by atoms with Crippen molar-refractivity contribution in [2.75, 3.05) is 13.6 Å². The lowest BCUT2D eigenvalue weighted by Crippen LogP contribution is -2.37. The molecule has 0 fully saturated rings. The second-order valence-electron chi connectivity index (χ2n) is 3.62. The van der Waals surface area contributed by atoms with E-state index in [9.17, 15) is 8.42 Å². The van der Waals surface area contributed by atoms with Crippen molar-refractivity contribution in [3.63, 3.8) is 0 Å². The van der Waals surface area contributed by atoms with Crippen LogP contribution in [-0.4, -0.2) is 28.1 Å². The highest BCUT2D eigenvalue weighted by Gasteiger charge is 2.15. The third-order valence-electron chi connectivity index (χ3n) is 2.27. The Morgan fingerprint density at radius 3 is 2.65 bits per heavy atom. The Morgan fingerprint density at radius 1 is 1.47 bits per heavy atom. The Hall–Kier alpha value is -0.140. The summed E-state index contributed by atoms with van der Waals surface area (Å²) < 4.78 is 27.0. The largest absolute Gasteiger partial charge is 0.316 e. The zero-order chi connectivity index (χ0) is 13.1. The van der Waals surface area contributed by atoms with Gasteiger partial charge in [-0.25, -0.2) is 13.1 Å². The predicted octanol–water partition coefficient (Wildman–Crippen LogP) is 1.99. The fraction of sp³-hybridized carbons (Fsp3) is 0.400. The number of likely N-dealkylation sites (N-methyl/N-ethyl adjacent to an activating group) is 1. The van der Waals surface area contributed by atoms with Crippen LogP contribution in [0.2, 0.25) is 5.02 Å². The van der Waals surface area contributed by atoms with E-state index in [2.05, 4.69) is 26.0 Å². The lowest BCUT2D eigenvalue weighted by atomic mass is 10.4. The van der Waals surface area contributed by atoms with Crippen molar-refractivity contribution in [2.24, 2.45) is 0 Å². The van der Waals surface area contributed by atoms with Crippen LogP contribution in [-0.2, 0) is 10.0 Å². The first-order valence-electron chi connectivity index (χ1n) is 4.99. The highest BCUT2D eigenvalue weighted by atomic mass is 79.9. The molecule has 0 saturated heterocycles. The Kier molecular flexibility index (Phi) is 5.40. The lowest BCUT2D eigenvalue weighted by molar-refractivity contribution is 0.554. The summed E-state index contributed by atoms with van der Waals surface area (Å²) in [6.45, 7) is 2.21. The first-order chi connectivity index (χ1) is 7.86. The molecule has 1 unspecified atom stereocenters. The van der Waals surface area contributed by atoms with Crippen LogP contribution in [0.15, 0.2) is 27.6 Å². The van der Waals surface area contributed by atoms with E-state index in [1.165, 1.54) is 12.1 Å². The third kappa shape index (κ3) is 4.22. The van der Waals surface area contributed by atoms with Gasteiger partial charge in [0.1, 0.15) is 0 Å². The molecule has 2 N–H and O–H groups in total. The minimum absolute atomic E-state index is 0.0655. The van der Waals surface area contributed by atoms with Crippen molar-refractivity contribution < 1.29 is 8.42 Å². The molecule has 0 spiro atoms. The van der Waals surface area contributed by atoms with Gasteiger partial charge in [0, 0.05) is 17.1 Å². The molecule has 7 heteroatoms. The number of hydrogen-bond donors (Lipinski definition) is 2. The van der Waals surface area contributed by atoms with E-state index in [4.69, 9.17) is 11.6 Å². The average molecular weight is 342 g/mol. The van der Waals surface area contributed by atoms with E-state index in [1.54, 1.807) is 13.1 Å². The minimum atomic E-state index is -3.50. The van der Waals surface area contributed by atoms with Gasteiger partial charge < -0.3 is 5.32 Å². The SMILES string of the molecule is CNC(C)CNS(=O)(=O)c1ccc(Br)c(Cl)c1. The van der Waals surface area contributed by atoms with Crippen LogP contribution >= 0.6 is 27.5 Å². The molecule has 1 atom stereocenters. The molecule has 96 valence electrons. The summed E-state index contributed by atoms with van der Waals surface area (Å²) in [7, 11) is -1.73. The number of sulfonamides is 1. The second-order valence-corrected chi connectivity index (χ2v) is 6.65. The molecule has 1 rings (SSSR count). The Labute approximate surface area is 115 Å². The number of hydrogen-bond acceptors (Lipinski definition) is 3. The molecule has 0 amide bonds. The molecule has 0 heterocycles. The van der Waals surface area contributed by atoms with Gasteiger partial charge in [0.25, 0.3) is 0 Å². The fourth-order valence-electron chi connectivity index (χ4n) is 1.06. The number of benzene rings is 1. The highest BCUT2D eigenvalue weighted by Crippen LogP contribution is 2.25. The van der Waals surface area contributed by atoms with E-state index in [-0.39, 0.29) is 10.9 Å². The Morgan fingerprint density at radius 2 is 2.12 bits per heavy atom. The van der Waals surface area contributed by atoms with E-state index in [0.717, 1.165) is 0 Å². The molecular weight excluding hydrogens is 328 g/mol. The van der Waals surface area contributed by atoms with Gasteiger partial charge in [0.2, 0.25) is 10.0 Å². The van der Waals surface area contributed by atoms with Gasteiger partial charge in [-0.15, -0.1) is 0 Å². The number of halogens is 2. The maximum Gasteiger partial charge on any atom is 0.240 e. The summed E-state index contributed by atoms with van der Waals surface area (Å²) in [5.41, 5.74) is 0. The van der Waals surface area contributed by atoms with E-state index >= 15 is 0 Å². The summed E-state index contributed by atoms with van der Waals surface area (Å²) in [5, 5.41) is 3.32. The molecule has 0 saturated carbocycles. The van der Waals surface area contributed by atoms with Crippen molar-refractivity contribution in [3.05, 3.63) is 27.7 Å². The van der Waals surface area contributed by atoms with Gasteiger partial charge in [-0.2, -0.15) is 0 Å². The minimum Gasteiger partial charge on any atom is -0.316 e. The molecule has 4 nitrogen and oxygen atoms in total. The van der Waals surface area contributed by atoms with Crippen molar-refractivity contribution in [1.29, 1.82) is 0 Å². The topological polar surface area (TPSA) is 58.2 Å². The summed E-state index contributed by atoms with van der Waals surface area (Å²) in [5.74, 6) is 0. The van der Waals surface area contributed by atoms with Crippen LogP contribution in [0, 0.1) is 0 Å². The van der Waals surface area contributed by atoms with Crippen LogP contribution in [0.3, 0.4) is 0 Å². The molecule has 0 aliphatic rings. The maximum absolute atomic E-state index is 11.9. The molecule has 0 aliphatic heterocycles. The van der Waals surface area contributed by atoms with E-state index in [1.807, 2.05) is 6.92 Å². The number of nitrogens with one attached hydrogen (secondary N) is 2. The first kappa shape index (κ1) is 14.9.